The molecule has 1 amide bonds. The number of phenols is 2. The number of aryl methyl sites for hydroxylation is 2. The zero-order valence-corrected chi connectivity index (χ0v) is 13.0. The van der Waals surface area contributed by atoms with Gasteiger partial charge in [-0.2, -0.15) is 5.10 Å². The van der Waals surface area contributed by atoms with Crippen molar-refractivity contribution in [1.29, 1.82) is 0 Å². The summed E-state index contributed by atoms with van der Waals surface area (Å²) in [4.78, 5) is 11.8. The van der Waals surface area contributed by atoms with Crippen LogP contribution in [0.25, 0.3) is 0 Å². The molecular weight excluding hydrogens is 294 g/mol. The van der Waals surface area contributed by atoms with Crippen LogP contribution in [0, 0.1) is 13.8 Å². The molecule has 6 nitrogen and oxygen atoms in total. The normalized spacial score (nSPS) is 10.7. The van der Waals surface area contributed by atoms with E-state index in [0.29, 0.717) is 11.1 Å². The first-order valence-corrected chi connectivity index (χ1v) is 7.11. The smallest absolute Gasteiger partial charge is 0.259 e. The summed E-state index contributed by atoms with van der Waals surface area (Å²) in [7, 11) is 0. The van der Waals surface area contributed by atoms with Crippen molar-refractivity contribution >= 4 is 17.8 Å². The van der Waals surface area contributed by atoms with Crippen LogP contribution in [0.15, 0.2) is 41.5 Å². The molecule has 0 saturated carbocycles. The summed E-state index contributed by atoms with van der Waals surface area (Å²) < 4.78 is 0. The van der Waals surface area contributed by atoms with Crippen LogP contribution < -0.4 is 10.7 Å². The monoisotopic (exact) mass is 313 g/mol. The van der Waals surface area contributed by atoms with Crippen molar-refractivity contribution in [2.75, 3.05) is 11.9 Å². The average molecular weight is 313 g/mol. The summed E-state index contributed by atoms with van der Waals surface area (Å²) in [5.74, 6) is -0.428. The third-order valence-electron chi connectivity index (χ3n) is 3.32. The Bertz CT molecular complexity index is 719. The molecule has 0 radical (unpaired) electrons. The lowest BCUT2D eigenvalue weighted by atomic mass is 10.1. The lowest BCUT2D eigenvalue weighted by Crippen LogP contribution is -2.26. The summed E-state index contributed by atoms with van der Waals surface area (Å²) in [5, 5.41) is 25.9. The van der Waals surface area contributed by atoms with E-state index in [2.05, 4.69) is 15.8 Å². The Morgan fingerprint density at radius 2 is 1.91 bits per heavy atom. The van der Waals surface area contributed by atoms with Gasteiger partial charge >= 0.3 is 0 Å². The van der Waals surface area contributed by atoms with Crippen molar-refractivity contribution in [2.45, 2.75) is 13.8 Å². The van der Waals surface area contributed by atoms with Crippen LogP contribution in [-0.4, -0.2) is 28.9 Å². The van der Waals surface area contributed by atoms with Crippen LogP contribution in [0.3, 0.4) is 0 Å². The number of para-hydroxylation sites is 1. The van der Waals surface area contributed by atoms with Gasteiger partial charge in [-0.3, -0.25) is 4.79 Å². The minimum absolute atomic E-state index is 0.0244. The van der Waals surface area contributed by atoms with Gasteiger partial charge in [-0.1, -0.05) is 18.2 Å². The summed E-state index contributed by atoms with van der Waals surface area (Å²) in [5.41, 5.74) is 5.41. The lowest BCUT2D eigenvalue weighted by Gasteiger charge is -2.08. The standard InChI is InChI=1S/C17H19N3O3/c1-11-5-3-4-6-15(11)18-10-17(23)20-19-9-14-12(2)7-13(21)8-16(14)22/h3-9,18,21-22H,10H2,1-2H3,(H,20,23)/b19-9-. The fraction of sp³-hybridized carbons (Fsp3) is 0.176. The Morgan fingerprint density at radius 1 is 1.17 bits per heavy atom. The van der Waals surface area contributed by atoms with E-state index in [1.807, 2.05) is 31.2 Å². The highest BCUT2D eigenvalue weighted by Gasteiger charge is 2.05. The minimum Gasteiger partial charge on any atom is -0.508 e. The van der Waals surface area contributed by atoms with E-state index < -0.39 is 0 Å². The summed E-state index contributed by atoms with van der Waals surface area (Å²) in [6.07, 6.45) is 1.34. The highest BCUT2D eigenvalue weighted by atomic mass is 16.3. The van der Waals surface area contributed by atoms with E-state index in [4.69, 9.17) is 0 Å². The number of amides is 1. The first kappa shape index (κ1) is 16.4. The van der Waals surface area contributed by atoms with Gasteiger partial charge < -0.3 is 15.5 Å². The number of anilines is 1. The molecule has 0 aliphatic carbocycles. The highest BCUT2D eigenvalue weighted by molar-refractivity contribution is 5.87. The van der Waals surface area contributed by atoms with Gasteiger partial charge in [0.2, 0.25) is 0 Å². The maximum Gasteiger partial charge on any atom is 0.259 e. The van der Waals surface area contributed by atoms with Gasteiger partial charge in [-0.05, 0) is 37.1 Å². The molecule has 2 aromatic rings. The fourth-order valence-corrected chi connectivity index (χ4v) is 2.08. The van der Waals surface area contributed by atoms with Crippen LogP contribution in [0.5, 0.6) is 11.5 Å². The second-order valence-electron chi connectivity index (χ2n) is 5.16. The number of nitrogens with zero attached hydrogens (tertiary/aromatic N) is 1. The lowest BCUT2D eigenvalue weighted by molar-refractivity contribution is -0.119. The SMILES string of the molecule is Cc1ccccc1NCC(=O)N/N=C\c1c(C)cc(O)cc1O. The molecule has 0 atom stereocenters. The molecule has 0 spiro atoms. The number of aromatic hydroxyl groups is 2. The summed E-state index contributed by atoms with van der Waals surface area (Å²) in [6.45, 7) is 3.76. The van der Waals surface area contributed by atoms with E-state index in [-0.39, 0.29) is 24.0 Å². The first-order chi connectivity index (χ1) is 11.0. The van der Waals surface area contributed by atoms with Gasteiger partial charge in [0.15, 0.2) is 0 Å². The van der Waals surface area contributed by atoms with Gasteiger partial charge in [0.1, 0.15) is 11.5 Å². The van der Waals surface area contributed by atoms with Crippen LogP contribution in [0.1, 0.15) is 16.7 Å². The van der Waals surface area contributed by atoms with Crippen molar-refractivity contribution < 1.29 is 15.0 Å². The molecule has 0 heterocycles. The highest BCUT2D eigenvalue weighted by Crippen LogP contribution is 2.24. The van der Waals surface area contributed by atoms with Crippen molar-refractivity contribution in [2.24, 2.45) is 5.10 Å². The second-order valence-corrected chi connectivity index (χ2v) is 5.16. The quantitative estimate of drug-likeness (QED) is 0.503. The van der Waals surface area contributed by atoms with Crippen molar-refractivity contribution in [1.82, 2.24) is 5.43 Å². The number of carbonyl (C=O) groups is 1. The molecule has 2 rings (SSSR count). The summed E-state index contributed by atoms with van der Waals surface area (Å²) >= 11 is 0. The van der Waals surface area contributed by atoms with Gasteiger partial charge in [-0.15, -0.1) is 0 Å². The predicted molar refractivity (Wildman–Crippen MR) is 89.9 cm³/mol. The number of hydrogen-bond acceptors (Lipinski definition) is 5. The third kappa shape index (κ3) is 4.47. The number of carbonyl (C=O) groups excluding carboxylic acids is 1. The van der Waals surface area contributed by atoms with Gasteiger partial charge in [0.25, 0.3) is 5.91 Å². The number of phenolic OH excluding ortho intramolecular Hbond substituents is 2. The predicted octanol–water partition coefficient (Wildman–Crippen LogP) is 2.28. The molecule has 23 heavy (non-hydrogen) atoms. The molecule has 0 aliphatic rings. The Kier molecular flexibility index (Phi) is 5.19. The van der Waals surface area contributed by atoms with Crippen LogP contribution in [0.4, 0.5) is 5.69 Å². The Morgan fingerprint density at radius 3 is 2.61 bits per heavy atom. The molecule has 0 fully saturated rings. The van der Waals surface area contributed by atoms with Crippen LogP contribution in [-0.2, 0) is 4.79 Å². The van der Waals surface area contributed by atoms with Gasteiger partial charge in [-0.25, -0.2) is 5.43 Å². The number of rotatable bonds is 5. The third-order valence-corrected chi connectivity index (χ3v) is 3.32. The minimum atomic E-state index is -0.305. The molecule has 0 aliphatic heterocycles. The van der Waals surface area contributed by atoms with E-state index >= 15 is 0 Å². The molecule has 2 aromatic carbocycles. The van der Waals surface area contributed by atoms with Crippen LogP contribution in [0.2, 0.25) is 0 Å². The van der Waals surface area contributed by atoms with E-state index in [1.54, 1.807) is 6.92 Å². The topological polar surface area (TPSA) is 94.0 Å². The number of hydrazone groups is 1. The molecule has 120 valence electrons. The van der Waals surface area contributed by atoms with Gasteiger partial charge in [0, 0.05) is 17.3 Å². The van der Waals surface area contributed by atoms with Crippen molar-refractivity contribution in [3.05, 3.63) is 53.1 Å². The van der Waals surface area contributed by atoms with E-state index in [9.17, 15) is 15.0 Å². The second kappa shape index (κ2) is 7.31. The van der Waals surface area contributed by atoms with Crippen LogP contribution >= 0.6 is 0 Å². The fourth-order valence-electron chi connectivity index (χ4n) is 2.08. The Balaban J connectivity index is 1.91. The molecular formula is C17H19N3O3. The van der Waals surface area contributed by atoms with Gasteiger partial charge in [0.05, 0.1) is 12.8 Å². The number of hydrogen-bond donors (Lipinski definition) is 4. The number of benzene rings is 2. The molecule has 0 aromatic heterocycles. The van der Waals surface area contributed by atoms with E-state index in [0.717, 1.165) is 11.3 Å². The van der Waals surface area contributed by atoms with E-state index in [1.165, 1.54) is 18.3 Å². The average Bonchev–Trinajstić information content (AvgIpc) is 2.49. The molecule has 6 heteroatoms. The maximum absolute atomic E-state index is 11.8. The first-order valence-electron chi connectivity index (χ1n) is 7.11. The largest absolute Gasteiger partial charge is 0.508 e. The van der Waals surface area contributed by atoms with Crippen molar-refractivity contribution in [3.63, 3.8) is 0 Å². The zero-order chi connectivity index (χ0) is 16.8. The molecule has 4 N–H and O–H groups in total. The maximum atomic E-state index is 11.8. The molecule has 0 bridgehead atoms. The Labute approximate surface area is 134 Å². The Hall–Kier alpha value is -3.02. The molecule has 0 saturated heterocycles. The number of nitrogens with one attached hydrogen (secondary N) is 2. The summed E-state index contributed by atoms with van der Waals surface area (Å²) in [6, 6.07) is 10.4. The van der Waals surface area contributed by atoms with Crippen molar-refractivity contribution in [3.8, 4) is 11.5 Å². The zero-order valence-electron chi connectivity index (χ0n) is 13.0. The molecule has 0 unspecified atom stereocenters.